The van der Waals surface area contributed by atoms with Gasteiger partial charge >= 0.3 is 0 Å². The van der Waals surface area contributed by atoms with Crippen LogP contribution in [0.2, 0.25) is 0 Å². The van der Waals surface area contributed by atoms with Gasteiger partial charge in [0.2, 0.25) is 5.88 Å². The number of pyridine rings is 1. The van der Waals surface area contributed by atoms with Crippen LogP contribution in [0.1, 0.15) is 56.7 Å². The molecule has 0 atom stereocenters. The Morgan fingerprint density at radius 3 is 2.90 bits per heavy atom. The van der Waals surface area contributed by atoms with Crippen LogP contribution in [0.4, 0.5) is 0 Å². The first kappa shape index (κ1) is 15.0. The minimum Gasteiger partial charge on any atom is -0.478 e. The molecule has 2 rings (SSSR count). The minimum absolute atomic E-state index is 0.423. The predicted molar refractivity (Wildman–Crippen MR) is 83.1 cm³/mol. The van der Waals surface area contributed by atoms with Crippen molar-refractivity contribution in [2.75, 3.05) is 6.61 Å². The third kappa shape index (κ3) is 4.97. The van der Waals surface area contributed by atoms with Crippen LogP contribution in [0, 0.1) is 0 Å². The summed E-state index contributed by atoms with van der Waals surface area (Å²) in [5, 5.41) is 3.55. The van der Waals surface area contributed by atoms with Gasteiger partial charge in [0.15, 0.2) is 0 Å². The molecule has 0 aliphatic heterocycles. The highest BCUT2D eigenvalue weighted by molar-refractivity contribution is 5.27. The highest BCUT2D eigenvalue weighted by Gasteiger charge is 2.20. The van der Waals surface area contributed by atoms with Gasteiger partial charge in [0.25, 0.3) is 0 Å². The molecular formula is C17H26N2O. The maximum atomic E-state index is 5.78. The minimum atomic E-state index is 0.423. The van der Waals surface area contributed by atoms with Gasteiger partial charge < -0.3 is 10.1 Å². The van der Waals surface area contributed by atoms with Crippen LogP contribution in [0.5, 0.6) is 5.88 Å². The maximum Gasteiger partial charge on any atom is 0.213 e. The average molecular weight is 274 g/mol. The van der Waals surface area contributed by atoms with Crippen LogP contribution in [0.15, 0.2) is 24.8 Å². The van der Waals surface area contributed by atoms with Crippen LogP contribution in [-0.2, 0) is 6.54 Å². The lowest BCUT2D eigenvalue weighted by molar-refractivity contribution is 0.298. The van der Waals surface area contributed by atoms with E-state index < -0.39 is 0 Å². The number of aromatic nitrogens is 1. The summed E-state index contributed by atoms with van der Waals surface area (Å²) in [6.07, 6.45) is 6.53. The van der Waals surface area contributed by atoms with Crippen molar-refractivity contribution in [1.82, 2.24) is 10.3 Å². The summed E-state index contributed by atoms with van der Waals surface area (Å²) in [6, 6.07) is 4.98. The van der Waals surface area contributed by atoms with E-state index in [2.05, 4.69) is 42.9 Å². The second-order valence-electron chi connectivity index (χ2n) is 5.83. The molecule has 0 aromatic carbocycles. The number of nitrogens with zero attached hydrogens (tertiary/aromatic N) is 1. The van der Waals surface area contributed by atoms with E-state index in [1.807, 2.05) is 6.08 Å². The fourth-order valence-corrected chi connectivity index (χ4v) is 2.01. The molecule has 1 heterocycles. The fourth-order valence-electron chi connectivity index (χ4n) is 2.01. The molecule has 20 heavy (non-hydrogen) atoms. The van der Waals surface area contributed by atoms with Crippen molar-refractivity contribution >= 4 is 0 Å². The first-order chi connectivity index (χ1) is 9.69. The lowest BCUT2D eigenvalue weighted by atomic mass is 10.1. The summed E-state index contributed by atoms with van der Waals surface area (Å²) in [5.74, 6) is 1.18. The largest absolute Gasteiger partial charge is 0.478 e. The predicted octanol–water partition coefficient (Wildman–Crippen LogP) is 3.80. The van der Waals surface area contributed by atoms with Crippen molar-refractivity contribution in [3.05, 3.63) is 36.0 Å². The van der Waals surface area contributed by atoms with E-state index in [1.165, 1.54) is 18.4 Å². The monoisotopic (exact) mass is 274 g/mol. The summed E-state index contributed by atoms with van der Waals surface area (Å²) in [7, 11) is 0. The van der Waals surface area contributed by atoms with Gasteiger partial charge in [-0.1, -0.05) is 19.9 Å². The molecule has 1 fully saturated rings. The van der Waals surface area contributed by atoms with Crippen molar-refractivity contribution in [3.63, 3.8) is 0 Å². The van der Waals surface area contributed by atoms with Gasteiger partial charge in [0, 0.05) is 24.3 Å². The van der Waals surface area contributed by atoms with E-state index in [-0.39, 0.29) is 0 Å². The van der Waals surface area contributed by atoms with Gasteiger partial charge in [0.05, 0.1) is 6.61 Å². The van der Waals surface area contributed by atoms with Crippen molar-refractivity contribution < 1.29 is 4.74 Å². The highest BCUT2D eigenvalue weighted by atomic mass is 16.5. The smallest absolute Gasteiger partial charge is 0.213 e. The third-order valence-corrected chi connectivity index (χ3v) is 3.45. The standard InChI is InChI=1S/C17H26N2O/c1-4-5-6-9-20-17-11-14(12-18-15-7-8-15)10-16(19-17)13(2)3/h4,10-11,13,15,18H,1,5-9,12H2,2-3H3. The Labute approximate surface area is 122 Å². The average Bonchev–Trinajstić information content (AvgIpc) is 3.25. The molecular weight excluding hydrogens is 248 g/mol. The first-order valence-electron chi connectivity index (χ1n) is 7.67. The van der Waals surface area contributed by atoms with Crippen LogP contribution in [-0.4, -0.2) is 17.6 Å². The lowest BCUT2D eigenvalue weighted by Crippen LogP contribution is -2.16. The Balaban J connectivity index is 1.97. The molecule has 1 aromatic rings. The number of rotatable bonds is 9. The maximum absolute atomic E-state index is 5.78. The Hall–Kier alpha value is -1.35. The molecule has 0 unspecified atom stereocenters. The number of hydrogen-bond acceptors (Lipinski definition) is 3. The molecule has 0 amide bonds. The van der Waals surface area contributed by atoms with Crippen molar-refractivity contribution in [1.29, 1.82) is 0 Å². The molecule has 1 aromatic heterocycles. The van der Waals surface area contributed by atoms with Crippen LogP contribution >= 0.6 is 0 Å². The first-order valence-corrected chi connectivity index (χ1v) is 7.67. The summed E-state index contributed by atoms with van der Waals surface area (Å²) < 4.78 is 5.78. The Kier molecular flexibility index (Phi) is 5.60. The van der Waals surface area contributed by atoms with Crippen molar-refractivity contribution in [2.24, 2.45) is 0 Å². The topological polar surface area (TPSA) is 34.1 Å². The molecule has 1 N–H and O–H groups in total. The lowest BCUT2D eigenvalue weighted by Gasteiger charge is -2.12. The third-order valence-electron chi connectivity index (χ3n) is 3.45. The summed E-state index contributed by atoms with van der Waals surface area (Å²) in [6.45, 7) is 9.68. The number of ether oxygens (including phenoxy) is 1. The zero-order valence-corrected chi connectivity index (χ0v) is 12.7. The number of allylic oxidation sites excluding steroid dienone is 1. The molecule has 1 saturated carbocycles. The zero-order chi connectivity index (χ0) is 14.4. The number of unbranched alkanes of at least 4 members (excludes halogenated alkanes) is 1. The fraction of sp³-hybridized carbons (Fsp3) is 0.588. The van der Waals surface area contributed by atoms with Gasteiger partial charge in [-0.2, -0.15) is 0 Å². The second-order valence-corrected chi connectivity index (χ2v) is 5.83. The zero-order valence-electron chi connectivity index (χ0n) is 12.7. The Morgan fingerprint density at radius 1 is 1.45 bits per heavy atom. The SMILES string of the molecule is C=CCCCOc1cc(CNC2CC2)cc(C(C)C)n1. The van der Waals surface area contributed by atoms with E-state index >= 15 is 0 Å². The number of hydrogen-bond donors (Lipinski definition) is 1. The summed E-state index contributed by atoms with van der Waals surface area (Å²) in [4.78, 5) is 4.60. The summed E-state index contributed by atoms with van der Waals surface area (Å²) in [5.41, 5.74) is 2.38. The number of nitrogens with one attached hydrogen (secondary N) is 1. The molecule has 0 saturated heterocycles. The molecule has 0 bridgehead atoms. The molecule has 0 spiro atoms. The Bertz CT molecular complexity index is 439. The molecule has 1 aliphatic rings. The quantitative estimate of drug-likeness (QED) is 0.549. The van der Waals surface area contributed by atoms with E-state index in [0.717, 1.165) is 37.0 Å². The van der Waals surface area contributed by atoms with Gasteiger partial charge in [-0.15, -0.1) is 6.58 Å². The van der Waals surface area contributed by atoms with Crippen LogP contribution in [0.25, 0.3) is 0 Å². The van der Waals surface area contributed by atoms with E-state index in [4.69, 9.17) is 4.74 Å². The van der Waals surface area contributed by atoms with E-state index in [9.17, 15) is 0 Å². The van der Waals surface area contributed by atoms with Gasteiger partial charge in [-0.05, 0) is 43.2 Å². The Morgan fingerprint density at radius 2 is 2.25 bits per heavy atom. The molecule has 1 aliphatic carbocycles. The van der Waals surface area contributed by atoms with Crippen molar-refractivity contribution in [2.45, 2.75) is 58.0 Å². The molecule has 3 nitrogen and oxygen atoms in total. The van der Waals surface area contributed by atoms with E-state index in [1.54, 1.807) is 0 Å². The molecule has 110 valence electrons. The van der Waals surface area contributed by atoms with Crippen molar-refractivity contribution in [3.8, 4) is 5.88 Å². The second kappa shape index (κ2) is 7.44. The van der Waals surface area contributed by atoms with Gasteiger partial charge in [0.1, 0.15) is 0 Å². The van der Waals surface area contributed by atoms with Gasteiger partial charge in [-0.25, -0.2) is 4.98 Å². The van der Waals surface area contributed by atoms with Crippen LogP contribution in [0.3, 0.4) is 0 Å². The van der Waals surface area contributed by atoms with Gasteiger partial charge in [-0.3, -0.25) is 0 Å². The highest BCUT2D eigenvalue weighted by Crippen LogP contribution is 2.22. The normalized spacial score (nSPS) is 14.6. The molecule has 3 heteroatoms. The summed E-state index contributed by atoms with van der Waals surface area (Å²) >= 11 is 0. The van der Waals surface area contributed by atoms with E-state index in [0.29, 0.717) is 12.5 Å². The van der Waals surface area contributed by atoms with Crippen LogP contribution < -0.4 is 10.1 Å². The molecule has 0 radical (unpaired) electrons.